The molecular formula is C31H43NO8Si. The second-order valence-electron chi connectivity index (χ2n) is 9.73. The molecule has 1 unspecified atom stereocenters. The fourth-order valence-electron chi connectivity index (χ4n) is 4.02. The molecule has 9 nitrogen and oxygen atoms in total. The number of unbranched alkanes of at least 4 members (excludes halogenated alkanes) is 3. The summed E-state index contributed by atoms with van der Waals surface area (Å²) in [5.41, 5.74) is 1.06. The van der Waals surface area contributed by atoms with E-state index < -0.39 is 14.8 Å². The molecule has 2 aromatic carbocycles. The van der Waals surface area contributed by atoms with E-state index in [4.69, 9.17) is 22.9 Å². The summed E-state index contributed by atoms with van der Waals surface area (Å²) in [7, 11) is 0.0672. The van der Waals surface area contributed by atoms with Crippen LogP contribution in [0, 0.1) is 5.92 Å². The summed E-state index contributed by atoms with van der Waals surface area (Å²) in [6, 6.07) is 15.4. The van der Waals surface area contributed by atoms with Gasteiger partial charge in [-0.05, 0) is 68.5 Å². The molecule has 0 N–H and O–H groups in total. The van der Waals surface area contributed by atoms with Gasteiger partial charge in [-0.25, -0.2) is 4.79 Å². The molecule has 0 aliphatic heterocycles. The molecule has 1 atom stereocenters. The van der Waals surface area contributed by atoms with Gasteiger partial charge in [0.05, 0.1) is 12.2 Å². The van der Waals surface area contributed by atoms with Crippen molar-refractivity contribution in [3.05, 3.63) is 65.7 Å². The van der Waals surface area contributed by atoms with Crippen molar-refractivity contribution < 1.29 is 37.2 Å². The van der Waals surface area contributed by atoms with E-state index in [9.17, 15) is 14.4 Å². The van der Waals surface area contributed by atoms with Gasteiger partial charge in [-0.1, -0.05) is 50.0 Å². The van der Waals surface area contributed by atoms with Crippen LogP contribution in [0.4, 0.5) is 0 Å². The number of carbonyl (C=O) groups is 3. The summed E-state index contributed by atoms with van der Waals surface area (Å²) >= 11 is 0. The lowest BCUT2D eigenvalue weighted by molar-refractivity contribution is -0.138. The molecule has 224 valence electrons. The molecule has 41 heavy (non-hydrogen) atoms. The molecule has 0 bridgehead atoms. The Bertz CT molecular complexity index is 1120. The minimum absolute atomic E-state index is 0.126. The van der Waals surface area contributed by atoms with Crippen molar-refractivity contribution in [2.75, 3.05) is 20.8 Å². The molecule has 0 heterocycles. The van der Waals surface area contributed by atoms with Crippen molar-refractivity contribution in [2.24, 2.45) is 11.1 Å². The van der Waals surface area contributed by atoms with Crippen molar-refractivity contribution in [3.8, 4) is 5.75 Å². The van der Waals surface area contributed by atoms with Gasteiger partial charge in [0, 0.05) is 38.7 Å². The monoisotopic (exact) mass is 585 g/mol. The second kappa shape index (κ2) is 18.2. The Morgan fingerprint density at radius 1 is 0.854 bits per heavy atom. The van der Waals surface area contributed by atoms with E-state index in [1.807, 2.05) is 13.0 Å². The first-order valence-electron chi connectivity index (χ1n) is 14.2. The highest BCUT2D eigenvalue weighted by Gasteiger charge is 2.36. The molecular weight excluding hydrogens is 542 g/mol. The predicted octanol–water partition coefficient (Wildman–Crippen LogP) is 6.64. The van der Waals surface area contributed by atoms with Crippen LogP contribution in [0.1, 0.15) is 85.9 Å². The Morgan fingerprint density at radius 2 is 1.54 bits per heavy atom. The topological polar surface area (TPSA) is 110 Å². The highest BCUT2D eigenvalue weighted by Crippen LogP contribution is 2.21. The molecule has 0 aliphatic carbocycles. The summed E-state index contributed by atoms with van der Waals surface area (Å²) in [6.07, 6.45) is 5.91. The maximum Gasteiger partial charge on any atom is 0.564 e. The maximum atomic E-state index is 13.5. The minimum Gasteiger partial charge on any atom is -0.494 e. The van der Waals surface area contributed by atoms with Gasteiger partial charge in [-0.2, -0.15) is 0 Å². The maximum absolute atomic E-state index is 13.5. The van der Waals surface area contributed by atoms with Crippen LogP contribution in [-0.4, -0.2) is 53.1 Å². The number of hydrogen-bond acceptors (Lipinski definition) is 9. The van der Waals surface area contributed by atoms with Crippen molar-refractivity contribution >= 4 is 32.2 Å². The number of rotatable bonds is 19. The van der Waals surface area contributed by atoms with Gasteiger partial charge < -0.3 is 22.9 Å². The molecule has 2 aromatic rings. The third-order valence-corrected chi connectivity index (χ3v) is 8.79. The van der Waals surface area contributed by atoms with Crippen LogP contribution < -0.4 is 4.74 Å². The van der Waals surface area contributed by atoms with E-state index in [2.05, 4.69) is 12.1 Å². The van der Waals surface area contributed by atoms with Crippen LogP contribution in [0.3, 0.4) is 0 Å². The van der Waals surface area contributed by atoms with E-state index in [0.717, 1.165) is 32.1 Å². The van der Waals surface area contributed by atoms with Gasteiger partial charge in [-0.3, -0.25) is 9.59 Å². The lowest BCUT2D eigenvalue weighted by atomic mass is 9.89. The highest BCUT2D eigenvalue weighted by molar-refractivity contribution is 6.60. The zero-order valence-electron chi connectivity index (χ0n) is 24.9. The smallest absolute Gasteiger partial charge is 0.494 e. The number of hydrogen-bond donors (Lipinski definition) is 0. The van der Waals surface area contributed by atoms with Crippen LogP contribution in [0.25, 0.3) is 0 Å². The van der Waals surface area contributed by atoms with Crippen LogP contribution in [-0.2, 0) is 22.9 Å². The quantitative estimate of drug-likeness (QED) is 0.0451. The second-order valence-corrected chi connectivity index (χ2v) is 12.5. The molecule has 0 saturated carbocycles. The Labute approximate surface area is 244 Å². The van der Waals surface area contributed by atoms with Crippen molar-refractivity contribution in [1.82, 2.24) is 0 Å². The largest absolute Gasteiger partial charge is 0.564 e. The first-order chi connectivity index (χ1) is 19.8. The third kappa shape index (κ3) is 11.6. The normalized spacial score (nSPS) is 12.5. The molecule has 10 heteroatoms. The summed E-state index contributed by atoms with van der Waals surface area (Å²) in [5.74, 6) is -0.698. The fraction of sp³-hybridized carbons (Fsp3) is 0.484. The van der Waals surface area contributed by atoms with Crippen LogP contribution in [0.2, 0.25) is 6.55 Å². The van der Waals surface area contributed by atoms with Crippen LogP contribution >= 0.6 is 0 Å². The van der Waals surface area contributed by atoms with Gasteiger partial charge in [0.15, 0.2) is 0 Å². The first-order valence-corrected chi connectivity index (χ1v) is 16.4. The number of nitrogens with zero attached hydrogens (tertiary/aromatic N) is 1. The molecule has 0 saturated heterocycles. The molecule has 2 rings (SSSR count). The first kappa shape index (κ1) is 33.9. The van der Waals surface area contributed by atoms with Crippen molar-refractivity contribution in [2.45, 2.75) is 71.8 Å². The van der Waals surface area contributed by atoms with E-state index in [1.54, 1.807) is 55.1 Å². The summed E-state index contributed by atoms with van der Waals surface area (Å²) in [4.78, 5) is 43.1. The zero-order valence-corrected chi connectivity index (χ0v) is 25.9. The molecule has 0 aliphatic rings. The van der Waals surface area contributed by atoms with Crippen LogP contribution in [0.5, 0.6) is 5.75 Å². The molecule has 0 spiro atoms. The van der Waals surface area contributed by atoms with Gasteiger partial charge in [0.2, 0.25) is 5.78 Å². The number of ether oxygens (including phenoxy) is 1. The zero-order chi connectivity index (χ0) is 30.1. The fourth-order valence-corrected chi connectivity index (χ4v) is 4.87. The number of Topliss-reactive ketones (excluding diaryl/α,β-unsaturated/α-hetero) is 1. The standard InChI is InChI=1S/C31H43NO8Si/c1-6-8-15-24(7-2)29(32-39-31(35)26-16-11-9-12-17-26)30(34)25-19-21-27(22-20-25)38-23-14-10-13-18-28(33)40-41(5,36-3)37-4/h9,11-12,16-17,19-22,24H,6-8,10,13-15,18,23H2,1-5H3/b32-29+. The summed E-state index contributed by atoms with van der Waals surface area (Å²) < 4.78 is 21.5. The summed E-state index contributed by atoms with van der Waals surface area (Å²) in [5, 5.41) is 4.08. The number of carbonyl (C=O) groups excluding carboxylic acids is 3. The molecule has 0 fully saturated rings. The van der Waals surface area contributed by atoms with Gasteiger partial charge in [0.1, 0.15) is 11.5 Å². The van der Waals surface area contributed by atoms with Crippen molar-refractivity contribution in [1.29, 1.82) is 0 Å². The van der Waals surface area contributed by atoms with E-state index in [1.165, 1.54) is 14.2 Å². The lowest BCUT2D eigenvalue weighted by Gasteiger charge is -2.21. The van der Waals surface area contributed by atoms with Gasteiger partial charge in [0.25, 0.3) is 5.97 Å². The van der Waals surface area contributed by atoms with Gasteiger partial charge in [-0.15, -0.1) is 0 Å². The third-order valence-electron chi connectivity index (χ3n) is 6.71. The number of ketones is 1. The Balaban J connectivity index is 1.93. The predicted molar refractivity (Wildman–Crippen MR) is 159 cm³/mol. The minimum atomic E-state index is -2.87. The Morgan fingerprint density at radius 3 is 2.15 bits per heavy atom. The Kier molecular flexibility index (Phi) is 15.0. The van der Waals surface area contributed by atoms with Crippen LogP contribution in [0.15, 0.2) is 59.8 Å². The van der Waals surface area contributed by atoms with E-state index in [-0.39, 0.29) is 29.8 Å². The number of oxime groups is 1. The lowest BCUT2D eigenvalue weighted by Crippen LogP contribution is -2.42. The SMILES string of the molecule is CCCCC(CC)/C(=N\OC(=O)c1ccccc1)C(=O)c1ccc(OCCCCCC(=O)O[Si](C)(OC)OC)cc1. The van der Waals surface area contributed by atoms with E-state index in [0.29, 0.717) is 36.3 Å². The highest BCUT2D eigenvalue weighted by atomic mass is 28.4. The van der Waals surface area contributed by atoms with Crippen molar-refractivity contribution in [3.63, 3.8) is 0 Å². The molecule has 0 radical (unpaired) electrons. The number of benzene rings is 2. The molecule has 0 aromatic heterocycles. The molecule has 0 amide bonds. The Hall–Kier alpha value is -3.34. The average Bonchev–Trinajstić information content (AvgIpc) is 3.00. The summed E-state index contributed by atoms with van der Waals surface area (Å²) in [6.45, 7) is 6.23. The van der Waals surface area contributed by atoms with E-state index >= 15 is 0 Å². The van der Waals surface area contributed by atoms with Gasteiger partial charge >= 0.3 is 14.8 Å². The average molecular weight is 586 g/mol.